The number of carbonyl (C=O) groups excluding carboxylic acids is 1. The summed E-state index contributed by atoms with van der Waals surface area (Å²) in [7, 11) is -3.85. The lowest BCUT2D eigenvalue weighted by molar-refractivity contribution is -0.122. The van der Waals surface area contributed by atoms with Gasteiger partial charge in [0.05, 0.1) is 17.1 Å². The van der Waals surface area contributed by atoms with Gasteiger partial charge < -0.3 is 10.1 Å². The Morgan fingerprint density at radius 3 is 2.40 bits per heavy atom. The van der Waals surface area contributed by atoms with Crippen LogP contribution in [0.2, 0.25) is 0 Å². The predicted molar refractivity (Wildman–Crippen MR) is 116 cm³/mol. The van der Waals surface area contributed by atoms with Crippen molar-refractivity contribution < 1.29 is 17.9 Å². The Bertz CT molecular complexity index is 1190. The van der Waals surface area contributed by atoms with E-state index in [1.807, 2.05) is 32.0 Å². The van der Waals surface area contributed by atoms with Gasteiger partial charge in [0, 0.05) is 5.69 Å². The van der Waals surface area contributed by atoms with Crippen molar-refractivity contribution in [1.29, 1.82) is 0 Å². The van der Waals surface area contributed by atoms with Crippen LogP contribution in [0.3, 0.4) is 0 Å². The van der Waals surface area contributed by atoms with Crippen molar-refractivity contribution in [1.82, 2.24) is 0 Å². The van der Waals surface area contributed by atoms with Crippen LogP contribution in [0.15, 0.2) is 77.7 Å². The third kappa shape index (κ3) is 3.76. The first-order valence-corrected chi connectivity index (χ1v) is 11.0. The van der Waals surface area contributed by atoms with E-state index in [9.17, 15) is 13.2 Å². The van der Waals surface area contributed by atoms with Gasteiger partial charge in [0.25, 0.3) is 15.9 Å². The lowest BCUT2D eigenvalue weighted by Crippen LogP contribution is -2.48. The maximum Gasteiger partial charge on any atom is 0.267 e. The van der Waals surface area contributed by atoms with Gasteiger partial charge in [-0.05, 0) is 61.4 Å². The molecule has 7 heteroatoms. The van der Waals surface area contributed by atoms with Crippen LogP contribution in [0.4, 0.5) is 11.4 Å². The summed E-state index contributed by atoms with van der Waals surface area (Å²) in [6, 6.07) is 20.6. The first kappa shape index (κ1) is 20.0. The van der Waals surface area contributed by atoms with Gasteiger partial charge in [0.15, 0.2) is 6.10 Å². The second kappa shape index (κ2) is 7.84. The lowest BCUT2D eigenvalue weighted by Gasteiger charge is -2.34. The molecule has 0 unspecified atom stereocenters. The number of fused-ring (bicyclic) bond motifs is 1. The van der Waals surface area contributed by atoms with Crippen molar-refractivity contribution in [3.8, 4) is 5.75 Å². The number of benzene rings is 3. The predicted octanol–water partition coefficient (Wildman–Crippen LogP) is 3.90. The first-order chi connectivity index (χ1) is 14.4. The Labute approximate surface area is 176 Å². The summed E-state index contributed by atoms with van der Waals surface area (Å²) in [4.78, 5) is 13.1. The van der Waals surface area contributed by atoms with Gasteiger partial charge in [-0.3, -0.25) is 9.10 Å². The summed E-state index contributed by atoms with van der Waals surface area (Å²) in [5.41, 5.74) is 3.23. The average molecular weight is 423 g/mol. The monoisotopic (exact) mass is 422 g/mol. The van der Waals surface area contributed by atoms with E-state index in [-0.39, 0.29) is 11.4 Å². The number of sulfonamides is 1. The maximum absolute atomic E-state index is 13.3. The fraction of sp³-hybridized carbons (Fsp3) is 0.174. The van der Waals surface area contributed by atoms with E-state index in [0.717, 1.165) is 11.1 Å². The molecule has 3 aromatic rings. The zero-order valence-electron chi connectivity index (χ0n) is 16.7. The van der Waals surface area contributed by atoms with Crippen LogP contribution in [-0.2, 0) is 14.8 Å². The van der Waals surface area contributed by atoms with Crippen molar-refractivity contribution in [2.45, 2.75) is 24.8 Å². The molecule has 0 spiro atoms. The molecule has 0 bridgehead atoms. The molecule has 6 nitrogen and oxygen atoms in total. The van der Waals surface area contributed by atoms with Crippen LogP contribution in [-0.4, -0.2) is 27.0 Å². The van der Waals surface area contributed by atoms with Crippen LogP contribution >= 0.6 is 0 Å². The van der Waals surface area contributed by atoms with Crippen molar-refractivity contribution in [3.05, 3.63) is 83.9 Å². The van der Waals surface area contributed by atoms with E-state index in [1.54, 1.807) is 42.5 Å². The number of ether oxygens (including phenoxy) is 1. The van der Waals surface area contributed by atoms with Gasteiger partial charge in [0.2, 0.25) is 0 Å². The molecule has 0 fully saturated rings. The van der Waals surface area contributed by atoms with Gasteiger partial charge in [-0.15, -0.1) is 0 Å². The molecule has 1 amide bonds. The number of amides is 1. The molecular weight excluding hydrogens is 400 g/mol. The minimum absolute atomic E-state index is 0.120. The highest BCUT2D eigenvalue weighted by Crippen LogP contribution is 2.37. The largest absolute Gasteiger partial charge is 0.476 e. The summed E-state index contributed by atoms with van der Waals surface area (Å²) < 4.78 is 33.7. The number of hydrogen-bond acceptors (Lipinski definition) is 4. The number of nitrogens with one attached hydrogen (secondary N) is 1. The minimum Gasteiger partial charge on any atom is -0.476 e. The van der Waals surface area contributed by atoms with Gasteiger partial charge in [-0.25, -0.2) is 8.42 Å². The molecule has 0 saturated carbocycles. The quantitative estimate of drug-likeness (QED) is 0.692. The Kier molecular flexibility index (Phi) is 5.22. The third-order valence-corrected chi connectivity index (χ3v) is 6.93. The number of aryl methyl sites for hydroxylation is 2. The average Bonchev–Trinajstić information content (AvgIpc) is 2.76. The Morgan fingerprint density at radius 2 is 1.67 bits per heavy atom. The molecule has 0 aliphatic carbocycles. The van der Waals surface area contributed by atoms with Gasteiger partial charge in [0.1, 0.15) is 5.75 Å². The lowest BCUT2D eigenvalue weighted by atomic mass is 10.1. The molecule has 3 aromatic carbocycles. The smallest absolute Gasteiger partial charge is 0.267 e. The van der Waals surface area contributed by atoms with Gasteiger partial charge in [-0.1, -0.05) is 36.4 Å². The highest BCUT2D eigenvalue weighted by Gasteiger charge is 2.37. The van der Waals surface area contributed by atoms with Crippen molar-refractivity contribution >= 4 is 27.3 Å². The Morgan fingerprint density at radius 1 is 0.967 bits per heavy atom. The minimum atomic E-state index is -3.85. The standard InChI is InChI=1S/C23H22N2O4S/c1-16-12-13-18(14-17(16)2)24-23(26)22-15-25(20-10-6-7-11-21(20)29-22)30(27,28)19-8-4-3-5-9-19/h3-14,22H,15H2,1-2H3,(H,24,26)/t22-/m1/s1. The van der Waals surface area contributed by atoms with Crippen LogP contribution in [0.25, 0.3) is 0 Å². The van der Waals surface area contributed by atoms with Gasteiger partial charge in [-0.2, -0.15) is 0 Å². The Balaban J connectivity index is 1.66. The topological polar surface area (TPSA) is 75.7 Å². The van der Waals surface area contributed by atoms with Gasteiger partial charge >= 0.3 is 0 Å². The van der Waals surface area contributed by atoms with Crippen molar-refractivity contribution in [2.24, 2.45) is 0 Å². The summed E-state index contributed by atoms with van der Waals surface area (Å²) in [6.07, 6.45) is -0.986. The molecular formula is C23H22N2O4S. The normalized spacial score (nSPS) is 15.8. The summed E-state index contributed by atoms with van der Waals surface area (Å²) in [5, 5.41) is 2.84. The van der Waals surface area contributed by atoms with E-state index in [4.69, 9.17) is 4.74 Å². The number of rotatable bonds is 4. The highest BCUT2D eigenvalue weighted by molar-refractivity contribution is 7.92. The third-order valence-electron chi connectivity index (χ3n) is 5.13. The molecule has 1 N–H and O–H groups in total. The van der Waals surface area contributed by atoms with Crippen molar-refractivity contribution in [2.75, 3.05) is 16.2 Å². The Hall–Kier alpha value is -3.32. The number of para-hydroxylation sites is 2. The fourth-order valence-corrected chi connectivity index (χ4v) is 4.82. The molecule has 0 radical (unpaired) electrons. The molecule has 0 aromatic heterocycles. The maximum atomic E-state index is 13.3. The van der Waals surface area contributed by atoms with Crippen LogP contribution in [0.1, 0.15) is 11.1 Å². The second-order valence-corrected chi connectivity index (χ2v) is 9.07. The van der Waals surface area contributed by atoms with Crippen LogP contribution in [0, 0.1) is 13.8 Å². The zero-order valence-corrected chi connectivity index (χ0v) is 17.5. The molecule has 1 aliphatic rings. The summed E-state index contributed by atoms with van der Waals surface area (Å²) in [5.74, 6) is -0.0514. The van der Waals surface area contributed by atoms with E-state index < -0.39 is 22.0 Å². The molecule has 4 rings (SSSR count). The fourth-order valence-electron chi connectivity index (χ4n) is 3.33. The molecule has 1 aliphatic heterocycles. The van der Waals surface area contributed by atoms with E-state index in [2.05, 4.69) is 5.32 Å². The number of carbonyl (C=O) groups is 1. The van der Waals surface area contributed by atoms with E-state index in [0.29, 0.717) is 17.1 Å². The molecule has 30 heavy (non-hydrogen) atoms. The summed E-state index contributed by atoms with van der Waals surface area (Å²) in [6.45, 7) is 3.84. The number of nitrogens with zero attached hydrogens (tertiary/aromatic N) is 1. The SMILES string of the molecule is Cc1ccc(NC(=O)[C@H]2CN(S(=O)(=O)c3ccccc3)c3ccccc3O2)cc1C. The van der Waals surface area contributed by atoms with E-state index in [1.165, 1.54) is 16.4 Å². The van der Waals surface area contributed by atoms with E-state index >= 15 is 0 Å². The second-order valence-electron chi connectivity index (χ2n) is 7.21. The number of anilines is 2. The van der Waals surface area contributed by atoms with Crippen LogP contribution in [0.5, 0.6) is 5.75 Å². The zero-order chi connectivity index (χ0) is 21.3. The molecule has 1 atom stereocenters. The number of hydrogen-bond donors (Lipinski definition) is 1. The molecule has 0 saturated heterocycles. The summed E-state index contributed by atoms with van der Waals surface area (Å²) >= 11 is 0. The van der Waals surface area contributed by atoms with Crippen LogP contribution < -0.4 is 14.4 Å². The molecule has 1 heterocycles. The highest BCUT2D eigenvalue weighted by atomic mass is 32.2. The van der Waals surface area contributed by atoms with Crippen molar-refractivity contribution in [3.63, 3.8) is 0 Å². The molecule has 154 valence electrons. The first-order valence-electron chi connectivity index (χ1n) is 9.58.